The van der Waals surface area contributed by atoms with Gasteiger partial charge in [-0.1, -0.05) is 19.3 Å². The molecule has 0 spiro atoms. The highest BCUT2D eigenvalue weighted by Crippen LogP contribution is 2.22. The molecule has 1 saturated carbocycles. The summed E-state index contributed by atoms with van der Waals surface area (Å²) in [6, 6.07) is 0.429. The van der Waals surface area contributed by atoms with Gasteiger partial charge in [-0.25, -0.2) is 4.98 Å². The highest BCUT2D eigenvalue weighted by atomic mass is 35.5. The average molecular weight is 287 g/mol. The summed E-state index contributed by atoms with van der Waals surface area (Å²) in [5.74, 6) is 0.598. The zero-order valence-corrected chi connectivity index (χ0v) is 12.3. The maximum Gasteiger partial charge on any atom is 0.229 e. The maximum absolute atomic E-state index is 12.2. The van der Waals surface area contributed by atoms with Crippen molar-refractivity contribution in [2.75, 3.05) is 7.05 Å². The van der Waals surface area contributed by atoms with Crippen LogP contribution in [0.4, 0.5) is 0 Å². The number of likely N-dealkylation sites (N-methyl/N-ethyl adjacent to an activating group) is 1. The molecule has 0 radical (unpaired) electrons. The lowest BCUT2D eigenvalue weighted by atomic mass is 9.94. The summed E-state index contributed by atoms with van der Waals surface area (Å²) in [5, 5.41) is 2.80. The number of hydrogen-bond acceptors (Lipinski definition) is 3. The normalized spacial score (nSPS) is 16.8. The van der Waals surface area contributed by atoms with Crippen LogP contribution in [0.2, 0.25) is 0 Å². The molecule has 0 saturated heterocycles. The van der Waals surface area contributed by atoms with Gasteiger partial charge in [0.2, 0.25) is 5.91 Å². The van der Waals surface area contributed by atoms with E-state index in [1.54, 1.807) is 0 Å². The molecule has 2 rings (SSSR count). The van der Waals surface area contributed by atoms with Crippen molar-refractivity contribution in [2.24, 2.45) is 0 Å². The van der Waals surface area contributed by atoms with Gasteiger partial charge in [0.05, 0.1) is 18.0 Å². The molecule has 0 aliphatic heterocycles. The molecule has 1 aliphatic carbocycles. The van der Waals surface area contributed by atoms with Crippen LogP contribution in [0.1, 0.15) is 42.8 Å². The Balaban J connectivity index is 1.90. The lowest BCUT2D eigenvalue weighted by Crippen LogP contribution is -2.39. The molecular formula is C13H19ClN2OS. The Hall–Kier alpha value is -0.610. The molecule has 100 valence electrons. The summed E-state index contributed by atoms with van der Waals surface area (Å²) in [6.07, 6.45) is 6.50. The van der Waals surface area contributed by atoms with Gasteiger partial charge in [0.25, 0.3) is 0 Å². The zero-order chi connectivity index (χ0) is 13.0. The number of nitrogens with zero attached hydrogens (tertiary/aromatic N) is 2. The van der Waals surface area contributed by atoms with Gasteiger partial charge in [0, 0.05) is 18.5 Å². The molecule has 18 heavy (non-hydrogen) atoms. The third-order valence-electron chi connectivity index (χ3n) is 3.55. The van der Waals surface area contributed by atoms with Gasteiger partial charge in [0.1, 0.15) is 5.01 Å². The standard InChI is InChI=1S/C13H19ClN2OS/c1-16(11-5-3-2-4-6-11)13(17)7-12-15-10(8-14)9-18-12/h9,11H,2-8H2,1H3. The lowest BCUT2D eigenvalue weighted by molar-refractivity contribution is -0.131. The van der Waals surface area contributed by atoms with Crippen LogP contribution in [0.25, 0.3) is 0 Å². The first-order valence-corrected chi connectivity index (χ1v) is 7.87. The van der Waals surface area contributed by atoms with Crippen LogP contribution >= 0.6 is 22.9 Å². The lowest BCUT2D eigenvalue weighted by Gasteiger charge is -2.31. The fourth-order valence-electron chi connectivity index (χ4n) is 2.42. The quantitative estimate of drug-likeness (QED) is 0.796. The van der Waals surface area contributed by atoms with E-state index in [0.717, 1.165) is 23.5 Å². The Labute approximate surface area is 117 Å². The summed E-state index contributed by atoms with van der Waals surface area (Å²) in [7, 11) is 1.92. The van der Waals surface area contributed by atoms with Gasteiger partial charge in [-0.2, -0.15) is 0 Å². The number of alkyl halides is 1. The van der Waals surface area contributed by atoms with E-state index in [0.29, 0.717) is 18.3 Å². The van der Waals surface area contributed by atoms with Crippen LogP contribution in [0.3, 0.4) is 0 Å². The van der Waals surface area contributed by atoms with Crippen LogP contribution in [-0.4, -0.2) is 28.9 Å². The molecule has 1 aromatic rings. The molecule has 0 aromatic carbocycles. The molecule has 1 amide bonds. The van der Waals surface area contributed by atoms with Gasteiger partial charge < -0.3 is 4.90 Å². The monoisotopic (exact) mass is 286 g/mol. The number of carbonyl (C=O) groups excluding carboxylic acids is 1. The zero-order valence-electron chi connectivity index (χ0n) is 10.7. The van der Waals surface area contributed by atoms with E-state index in [-0.39, 0.29) is 5.91 Å². The number of halogens is 1. The molecular weight excluding hydrogens is 268 g/mol. The Bertz CT molecular complexity index is 401. The molecule has 0 unspecified atom stereocenters. The molecule has 0 bridgehead atoms. The highest BCUT2D eigenvalue weighted by molar-refractivity contribution is 7.09. The minimum absolute atomic E-state index is 0.178. The first-order valence-electron chi connectivity index (χ1n) is 6.45. The third kappa shape index (κ3) is 3.45. The molecule has 0 N–H and O–H groups in total. The summed E-state index contributed by atoms with van der Waals surface area (Å²) in [4.78, 5) is 18.4. The van der Waals surface area contributed by atoms with Crippen LogP contribution in [0.15, 0.2) is 5.38 Å². The molecule has 3 nitrogen and oxygen atoms in total. The summed E-state index contributed by atoms with van der Waals surface area (Å²) in [5.41, 5.74) is 0.866. The SMILES string of the molecule is CN(C(=O)Cc1nc(CCl)cs1)C1CCCCC1. The van der Waals surface area contributed by atoms with Crippen molar-refractivity contribution in [1.29, 1.82) is 0 Å². The fraction of sp³-hybridized carbons (Fsp3) is 0.692. The van der Waals surface area contributed by atoms with Crippen LogP contribution in [-0.2, 0) is 17.1 Å². The second-order valence-electron chi connectivity index (χ2n) is 4.84. The van der Waals surface area contributed by atoms with E-state index in [9.17, 15) is 4.79 Å². The Kier molecular flexibility index (Phi) is 5.01. The molecule has 0 atom stereocenters. The number of aromatic nitrogens is 1. The van der Waals surface area contributed by atoms with Gasteiger partial charge in [-0.15, -0.1) is 22.9 Å². The molecule has 1 fully saturated rings. The number of rotatable bonds is 4. The Morgan fingerprint density at radius 1 is 1.50 bits per heavy atom. The van der Waals surface area contributed by atoms with Gasteiger partial charge in [-0.05, 0) is 12.8 Å². The molecule has 1 aliphatic rings. The van der Waals surface area contributed by atoms with Crippen LogP contribution in [0, 0.1) is 0 Å². The van der Waals surface area contributed by atoms with E-state index >= 15 is 0 Å². The van der Waals surface area contributed by atoms with Crippen molar-refractivity contribution in [3.05, 3.63) is 16.1 Å². The fourth-order valence-corrected chi connectivity index (χ4v) is 3.43. The maximum atomic E-state index is 12.2. The van der Waals surface area contributed by atoms with Crippen molar-refractivity contribution >= 4 is 28.8 Å². The van der Waals surface area contributed by atoms with Crippen LogP contribution < -0.4 is 0 Å². The predicted octanol–water partition coefficient (Wildman–Crippen LogP) is 3.22. The van der Waals surface area contributed by atoms with Crippen LogP contribution in [0.5, 0.6) is 0 Å². The van der Waals surface area contributed by atoms with E-state index in [4.69, 9.17) is 11.6 Å². The number of carbonyl (C=O) groups is 1. The minimum Gasteiger partial charge on any atom is -0.342 e. The summed E-state index contributed by atoms with van der Waals surface area (Å²) in [6.45, 7) is 0. The largest absolute Gasteiger partial charge is 0.342 e. The number of hydrogen-bond donors (Lipinski definition) is 0. The Morgan fingerprint density at radius 3 is 2.83 bits per heavy atom. The van der Waals surface area contributed by atoms with Gasteiger partial charge in [-0.3, -0.25) is 4.79 Å². The Morgan fingerprint density at radius 2 is 2.22 bits per heavy atom. The van der Waals surface area contributed by atoms with Crippen molar-refractivity contribution < 1.29 is 4.79 Å². The van der Waals surface area contributed by atoms with E-state index < -0.39 is 0 Å². The average Bonchev–Trinajstić information content (AvgIpc) is 2.86. The van der Waals surface area contributed by atoms with E-state index in [1.807, 2.05) is 17.3 Å². The van der Waals surface area contributed by atoms with Crippen molar-refractivity contribution in [1.82, 2.24) is 9.88 Å². The predicted molar refractivity (Wildman–Crippen MR) is 75.0 cm³/mol. The topological polar surface area (TPSA) is 33.2 Å². The minimum atomic E-state index is 0.178. The van der Waals surface area contributed by atoms with E-state index in [1.165, 1.54) is 30.6 Å². The second-order valence-corrected chi connectivity index (χ2v) is 6.05. The van der Waals surface area contributed by atoms with Gasteiger partial charge >= 0.3 is 0 Å². The molecule has 1 heterocycles. The molecule has 1 aromatic heterocycles. The highest BCUT2D eigenvalue weighted by Gasteiger charge is 2.22. The van der Waals surface area contributed by atoms with Crippen molar-refractivity contribution in [2.45, 2.75) is 50.4 Å². The molecule has 5 heteroatoms. The first-order chi connectivity index (χ1) is 8.70. The second kappa shape index (κ2) is 6.53. The summed E-state index contributed by atoms with van der Waals surface area (Å²) >= 11 is 7.23. The van der Waals surface area contributed by atoms with Crippen molar-refractivity contribution in [3.8, 4) is 0 Å². The van der Waals surface area contributed by atoms with Crippen molar-refractivity contribution in [3.63, 3.8) is 0 Å². The summed E-state index contributed by atoms with van der Waals surface area (Å²) < 4.78 is 0. The number of thiazole rings is 1. The van der Waals surface area contributed by atoms with E-state index in [2.05, 4.69) is 4.98 Å². The first kappa shape index (κ1) is 13.8. The van der Waals surface area contributed by atoms with Gasteiger partial charge in [0.15, 0.2) is 0 Å². The number of amides is 1. The third-order valence-corrected chi connectivity index (χ3v) is 4.73. The smallest absolute Gasteiger partial charge is 0.229 e.